The molecule has 2 saturated heterocycles. The van der Waals surface area contributed by atoms with E-state index in [4.69, 9.17) is 5.73 Å². The molecule has 2 aliphatic heterocycles. The summed E-state index contributed by atoms with van der Waals surface area (Å²) < 4.78 is 58.6. The van der Waals surface area contributed by atoms with Crippen molar-refractivity contribution in [2.75, 3.05) is 5.32 Å². The monoisotopic (exact) mass is 463 g/mol. The maximum absolute atomic E-state index is 15.3. The fraction of sp³-hybridized carbons (Fsp3) is 0.417. The molecule has 4 rings (SSSR count). The molecule has 2 aliphatic rings. The fourth-order valence-electron chi connectivity index (χ4n) is 4.87. The Balaban J connectivity index is 1.60. The molecular weight excluding hydrogens is 438 g/mol. The van der Waals surface area contributed by atoms with Crippen molar-refractivity contribution in [2.45, 2.75) is 63.1 Å². The van der Waals surface area contributed by atoms with Crippen molar-refractivity contribution in [2.24, 2.45) is 5.73 Å². The van der Waals surface area contributed by atoms with Crippen molar-refractivity contribution < 1.29 is 27.2 Å². The van der Waals surface area contributed by atoms with Crippen molar-refractivity contribution in [1.29, 1.82) is 0 Å². The quantitative estimate of drug-likeness (QED) is 0.657. The summed E-state index contributed by atoms with van der Waals surface area (Å²) in [5.41, 5.74) is 5.16. The van der Waals surface area contributed by atoms with Crippen molar-refractivity contribution in [3.63, 3.8) is 0 Å². The van der Waals surface area contributed by atoms with Gasteiger partial charge in [0, 0.05) is 29.4 Å². The Morgan fingerprint density at radius 2 is 1.67 bits per heavy atom. The minimum atomic E-state index is -4.15. The second kappa shape index (κ2) is 8.78. The highest BCUT2D eigenvalue weighted by Gasteiger charge is 2.51. The fourth-order valence-corrected chi connectivity index (χ4v) is 4.87. The van der Waals surface area contributed by atoms with Crippen LogP contribution in [0.1, 0.15) is 53.6 Å². The maximum atomic E-state index is 15.3. The summed E-state index contributed by atoms with van der Waals surface area (Å²) in [5, 5.41) is 2.47. The van der Waals surface area contributed by atoms with Crippen LogP contribution in [0.3, 0.4) is 0 Å². The van der Waals surface area contributed by atoms with Gasteiger partial charge in [-0.15, -0.1) is 0 Å². The van der Waals surface area contributed by atoms with E-state index >= 15 is 8.78 Å². The van der Waals surface area contributed by atoms with Crippen LogP contribution in [0.2, 0.25) is 0 Å². The summed E-state index contributed by atoms with van der Waals surface area (Å²) in [4.78, 5) is 26.7. The molecule has 2 bridgehead atoms. The van der Waals surface area contributed by atoms with Gasteiger partial charge in [0.25, 0.3) is 11.8 Å². The lowest BCUT2D eigenvalue weighted by Crippen LogP contribution is -2.60. The highest BCUT2D eigenvalue weighted by Crippen LogP contribution is 2.40. The van der Waals surface area contributed by atoms with Gasteiger partial charge in [0.15, 0.2) is 0 Å². The summed E-state index contributed by atoms with van der Waals surface area (Å²) in [7, 11) is 0. The Kier molecular flexibility index (Phi) is 6.18. The van der Waals surface area contributed by atoms with Gasteiger partial charge in [0.1, 0.15) is 11.6 Å². The van der Waals surface area contributed by atoms with Gasteiger partial charge in [-0.25, -0.2) is 8.78 Å². The summed E-state index contributed by atoms with van der Waals surface area (Å²) >= 11 is 0. The van der Waals surface area contributed by atoms with E-state index in [9.17, 15) is 18.4 Å². The van der Waals surface area contributed by atoms with E-state index in [1.807, 2.05) is 0 Å². The molecule has 33 heavy (non-hydrogen) atoms. The minimum absolute atomic E-state index is 0.156. The molecular formula is C24H25F4N3O2. The highest BCUT2D eigenvalue weighted by molar-refractivity contribution is 6.04. The number of aryl methyl sites for hydroxylation is 1. The zero-order chi connectivity index (χ0) is 23.9. The maximum Gasteiger partial charge on any atom is 0.352 e. The van der Waals surface area contributed by atoms with Crippen molar-refractivity contribution in [3.05, 3.63) is 64.7 Å². The number of fused-ring (bicyclic) bond motifs is 2. The number of piperidine rings is 2. The Morgan fingerprint density at radius 3 is 2.30 bits per heavy atom. The second-order valence-electron chi connectivity index (χ2n) is 8.87. The summed E-state index contributed by atoms with van der Waals surface area (Å²) in [6.07, 6.45) is 2.84. The van der Waals surface area contributed by atoms with Crippen LogP contribution in [-0.2, 0) is 10.7 Å². The van der Waals surface area contributed by atoms with Crippen LogP contribution in [0.25, 0.3) is 0 Å². The number of carbonyl (C=O) groups is 2. The molecule has 0 aliphatic carbocycles. The molecule has 0 radical (unpaired) electrons. The first-order valence-electron chi connectivity index (χ1n) is 10.9. The van der Waals surface area contributed by atoms with Gasteiger partial charge >= 0.3 is 5.92 Å². The highest BCUT2D eigenvalue weighted by atomic mass is 19.3. The zero-order valence-corrected chi connectivity index (χ0v) is 18.1. The molecule has 0 saturated carbocycles. The van der Waals surface area contributed by atoms with Crippen LogP contribution in [0.4, 0.5) is 23.2 Å². The van der Waals surface area contributed by atoms with Gasteiger partial charge < -0.3 is 16.0 Å². The van der Waals surface area contributed by atoms with Crippen molar-refractivity contribution >= 4 is 17.5 Å². The Labute approximate surface area is 188 Å². The number of nitrogens with zero attached hydrogens (tertiary/aromatic N) is 1. The van der Waals surface area contributed by atoms with E-state index < -0.39 is 47.0 Å². The van der Waals surface area contributed by atoms with Gasteiger partial charge in [0.2, 0.25) is 0 Å². The summed E-state index contributed by atoms with van der Waals surface area (Å²) in [5.74, 6) is -8.14. The number of nitrogens with one attached hydrogen (secondary N) is 1. The molecule has 2 aromatic carbocycles. The lowest BCUT2D eigenvalue weighted by atomic mass is 9.81. The smallest absolute Gasteiger partial charge is 0.331 e. The lowest BCUT2D eigenvalue weighted by molar-refractivity contribution is -0.169. The van der Waals surface area contributed by atoms with Gasteiger partial charge in [-0.1, -0.05) is 0 Å². The topological polar surface area (TPSA) is 75.4 Å². The predicted molar refractivity (Wildman–Crippen MR) is 115 cm³/mol. The normalized spacial score (nSPS) is 22.7. The first-order valence-corrected chi connectivity index (χ1v) is 10.9. The molecule has 2 fully saturated rings. The number of carbonyl (C=O) groups excluding carboxylic acids is 2. The van der Waals surface area contributed by atoms with Crippen LogP contribution in [0, 0.1) is 18.6 Å². The van der Waals surface area contributed by atoms with Crippen molar-refractivity contribution in [3.8, 4) is 0 Å². The number of halogens is 4. The van der Waals surface area contributed by atoms with E-state index in [2.05, 4.69) is 5.32 Å². The van der Waals surface area contributed by atoms with Gasteiger partial charge in [-0.3, -0.25) is 9.59 Å². The molecule has 2 aromatic rings. The third-order valence-corrected chi connectivity index (χ3v) is 6.50. The third-order valence-electron chi connectivity index (χ3n) is 6.50. The van der Waals surface area contributed by atoms with Gasteiger partial charge in [-0.05, 0) is 81.0 Å². The molecule has 3 N–H and O–H groups in total. The Hall–Kier alpha value is -2.94. The van der Waals surface area contributed by atoms with Crippen LogP contribution in [-0.4, -0.2) is 34.8 Å². The third kappa shape index (κ3) is 4.46. The molecule has 5 nitrogen and oxygen atoms in total. The Bertz CT molecular complexity index is 1080. The molecule has 2 atom stereocenters. The SMILES string of the molecule is Cc1cc(NC(=O)c2ccc(F)c(C(F)(F)C(=O)N3C4CCCC3CC(N)C4)c2)ccc1F. The lowest BCUT2D eigenvalue weighted by Gasteiger charge is -2.49. The van der Waals surface area contributed by atoms with Crippen LogP contribution in [0.15, 0.2) is 36.4 Å². The van der Waals surface area contributed by atoms with E-state index in [0.717, 1.165) is 24.6 Å². The number of rotatable bonds is 4. The number of alkyl halides is 2. The largest absolute Gasteiger partial charge is 0.352 e. The minimum Gasteiger partial charge on any atom is -0.331 e. The number of benzene rings is 2. The average Bonchev–Trinajstić information content (AvgIpc) is 2.75. The predicted octanol–water partition coefficient (Wildman–Crippen LogP) is 4.49. The molecule has 0 spiro atoms. The van der Waals surface area contributed by atoms with Crippen LogP contribution >= 0.6 is 0 Å². The second-order valence-corrected chi connectivity index (χ2v) is 8.87. The van der Waals surface area contributed by atoms with Gasteiger partial charge in [-0.2, -0.15) is 8.78 Å². The van der Waals surface area contributed by atoms with Crippen LogP contribution in [0.5, 0.6) is 0 Å². The molecule has 9 heteroatoms. The van der Waals surface area contributed by atoms with E-state index in [0.29, 0.717) is 31.7 Å². The first kappa shape index (κ1) is 23.2. The first-order chi connectivity index (χ1) is 15.6. The average molecular weight is 463 g/mol. The number of hydrogen-bond acceptors (Lipinski definition) is 3. The van der Waals surface area contributed by atoms with E-state index in [-0.39, 0.29) is 22.9 Å². The zero-order valence-electron chi connectivity index (χ0n) is 18.1. The number of amides is 2. The van der Waals surface area contributed by atoms with Crippen molar-refractivity contribution in [1.82, 2.24) is 4.90 Å². The number of anilines is 1. The van der Waals surface area contributed by atoms with E-state index in [1.54, 1.807) is 0 Å². The molecule has 176 valence electrons. The van der Waals surface area contributed by atoms with E-state index in [1.165, 1.54) is 24.0 Å². The Morgan fingerprint density at radius 1 is 1.03 bits per heavy atom. The summed E-state index contributed by atoms with van der Waals surface area (Å²) in [6, 6.07) is 5.41. The summed E-state index contributed by atoms with van der Waals surface area (Å²) in [6.45, 7) is 1.51. The van der Waals surface area contributed by atoms with Crippen LogP contribution < -0.4 is 11.1 Å². The van der Waals surface area contributed by atoms with Gasteiger partial charge in [0.05, 0.1) is 5.56 Å². The standard InChI is InChI=1S/C24H25F4N3O2/c1-13-9-16(6-8-20(13)25)30-22(32)14-5-7-21(26)19(10-14)24(27,28)23(33)31-17-3-2-4-18(31)12-15(29)11-17/h5-10,15,17-18H,2-4,11-12,29H2,1H3,(H,30,32). The molecule has 2 amide bonds. The molecule has 2 unspecified atom stereocenters. The number of hydrogen-bond donors (Lipinski definition) is 2. The molecule has 0 aromatic heterocycles. The molecule has 2 heterocycles. The number of nitrogens with two attached hydrogens (primary N) is 1.